The number of carbonyl (C=O) groups is 2. The first-order valence-electron chi connectivity index (χ1n) is 13.0. The Morgan fingerprint density at radius 3 is 2.54 bits per heavy atom. The second-order valence-electron chi connectivity index (χ2n) is 11.2. The Bertz CT molecular complexity index is 1390. The Hall–Kier alpha value is -3.21. The summed E-state index contributed by atoms with van der Waals surface area (Å²) in [6.07, 6.45) is -2.28. The van der Waals surface area contributed by atoms with E-state index in [1.807, 2.05) is 29.5 Å². The molecule has 7 nitrogen and oxygen atoms in total. The highest BCUT2D eigenvalue weighted by molar-refractivity contribution is 7.09. The third-order valence-electron chi connectivity index (χ3n) is 7.94. The summed E-state index contributed by atoms with van der Waals surface area (Å²) in [5.74, 6) is -0.241. The monoisotopic (exact) mass is 559 g/mol. The fourth-order valence-corrected chi connectivity index (χ4v) is 6.95. The fraction of sp³-hybridized carbons (Fsp3) is 0.500. The second-order valence-corrected chi connectivity index (χ2v) is 12.1. The van der Waals surface area contributed by atoms with E-state index in [4.69, 9.17) is 4.98 Å². The molecule has 2 aliphatic rings. The molecule has 0 saturated carbocycles. The number of aromatic nitrogens is 3. The minimum Gasteiger partial charge on any atom is -0.341 e. The molecule has 0 radical (unpaired) electrons. The second kappa shape index (κ2) is 10.1. The van der Waals surface area contributed by atoms with Gasteiger partial charge in [0.15, 0.2) is 5.69 Å². The molecule has 208 valence electrons. The number of halogens is 3. The Labute approximate surface area is 229 Å². The molecule has 1 aliphatic heterocycles. The topological polar surface area (TPSA) is 71.3 Å². The van der Waals surface area contributed by atoms with Crippen LogP contribution >= 0.6 is 11.3 Å². The van der Waals surface area contributed by atoms with Crippen LogP contribution in [0.4, 0.5) is 13.2 Å². The smallest absolute Gasteiger partial charge is 0.341 e. The molecule has 0 N–H and O–H groups in total. The molecule has 1 aliphatic carbocycles. The third-order valence-corrected chi connectivity index (χ3v) is 8.95. The molecule has 1 saturated heterocycles. The normalized spacial score (nSPS) is 19.3. The zero-order chi connectivity index (χ0) is 28.1. The number of alkyl halides is 3. The first-order chi connectivity index (χ1) is 18.3. The van der Waals surface area contributed by atoms with E-state index in [0.29, 0.717) is 37.3 Å². The van der Waals surface area contributed by atoms with Crippen LogP contribution in [0.1, 0.15) is 76.7 Å². The van der Waals surface area contributed by atoms with Crippen molar-refractivity contribution < 1.29 is 22.8 Å². The predicted octanol–water partition coefficient (Wildman–Crippen LogP) is 5.47. The van der Waals surface area contributed by atoms with Gasteiger partial charge in [-0.25, -0.2) is 4.98 Å². The highest BCUT2D eigenvalue weighted by Gasteiger charge is 2.43. The molecule has 1 fully saturated rings. The Morgan fingerprint density at radius 1 is 1.18 bits per heavy atom. The fourth-order valence-electron chi connectivity index (χ4n) is 5.99. The van der Waals surface area contributed by atoms with Gasteiger partial charge < -0.3 is 9.80 Å². The van der Waals surface area contributed by atoms with Crippen molar-refractivity contribution in [3.05, 3.63) is 68.9 Å². The summed E-state index contributed by atoms with van der Waals surface area (Å²) in [7, 11) is 1.85. The number of aryl methyl sites for hydroxylation is 1. The van der Waals surface area contributed by atoms with Crippen molar-refractivity contribution in [1.82, 2.24) is 24.6 Å². The average molecular weight is 560 g/mol. The third kappa shape index (κ3) is 5.33. The summed E-state index contributed by atoms with van der Waals surface area (Å²) in [4.78, 5) is 34.4. The van der Waals surface area contributed by atoms with Gasteiger partial charge in [-0.3, -0.25) is 14.3 Å². The van der Waals surface area contributed by atoms with Gasteiger partial charge in [0.1, 0.15) is 12.2 Å². The number of thiazole rings is 1. The lowest BCUT2D eigenvalue weighted by molar-refractivity contribution is -0.142. The zero-order valence-corrected chi connectivity index (χ0v) is 23.3. The minimum absolute atomic E-state index is 0.0359. The van der Waals surface area contributed by atoms with Gasteiger partial charge in [0, 0.05) is 37.1 Å². The summed E-state index contributed by atoms with van der Waals surface area (Å²) in [5.41, 5.74) is 2.11. The first kappa shape index (κ1) is 27.4. The predicted molar refractivity (Wildman–Crippen MR) is 141 cm³/mol. The highest BCUT2D eigenvalue weighted by atomic mass is 32.1. The van der Waals surface area contributed by atoms with E-state index >= 15 is 0 Å². The molecular formula is C28H32F3N5O2S. The van der Waals surface area contributed by atoms with Crippen LogP contribution < -0.4 is 0 Å². The molecule has 3 heterocycles. The highest BCUT2D eigenvalue weighted by Crippen LogP contribution is 2.48. The van der Waals surface area contributed by atoms with Crippen molar-refractivity contribution in [2.24, 2.45) is 5.41 Å². The number of nitrogens with zero attached hydrogens (tertiary/aromatic N) is 5. The zero-order valence-electron chi connectivity index (χ0n) is 22.5. The van der Waals surface area contributed by atoms with Gasteiger partial charge in [0.25, 0.3) is 5.91 Å². The number of piperidine rings is 1. The van der Waals surface area contributed by atoms with Crippen LogP contribution in [-0.2, 0) is 23.9 Å². The quantitative estimate of drug-likeness (QED) is 0.416. The Balaban J connectivity index is 1.20. The molecule has 0 bridgehead atoms. The number of rotatable bonds is 5. The number of likely N-dealkylation sites (tertiary alicyclic amines) is 1. The average Bonchev–Trinajstić information content (AvgIpc) is 3.58. The van der Waals surface area contributed by atoms with Crippen LogP contribution in [0.5, 0.6) is 0 Å². The molecule has 1 atom stereocenters. The van der Waals surface area contributed by atoms with Gasteiger partial charge in [0.2, 0.25) is 5.91 Å². The van der Waals surface area contributed by atoms with Gasteiger partial charge in [-0.2, -0.15) is 18.3 Å². The molecule has 0 spiro atoms. The standard InChI is InChI=1S/C28H32F3N5O2S/c1-17-13-22(28(29,30)31)33-36(17)15-23(37)35-11-9-18(10-12-35)25-32-21(16-39-25)26(38)34(4)24-20-8-6-5-7-19(20)14-27(24,2)3/h5-8,13,16,18,24H,9-12,14-15H2,1-4H3. The lowest BCUT2D eigenvalue weighted by Crippen LogP contribution is -2.40. The van der Waals surface area contributed by atoms with Gasteiger partial charge in [-0.1, -0.05) is 38.1 Å². The molecule has 1 unspecified atom stereocenters. The summed E-state index contributed by atoms with van der Waals surface area (Å²) < 4.78 is 39.9. The van der Waals surface area contributed by atoms with Crippen molar-refractivity contribution in [2.45, 2.75) is 64.7 Å². The van der Waals surface area contributed by atoms with E-state index in [1.54, 1.807) is 4.90 Å². The van der Waals surface area contributed by atoms with E-state index in [-0.39, 0.29) is 35.7 Å². The van der Waals surface area contributed by atoms with E-state index in [0.717, 1.165) is 22.2 Å². The first-order valence-corrected chi connectivity index (χ1v) is 13.9. The summed E-state index contributed by atoms with van der Waals surface area (Å²) >= 11 is 1.47. The maximum absolute atomic E-state index is 13.5. The van der Waals surface area contributed by atoms with Gasteiger partial charge in [-0.05, 0) is 48.8 Å². The maximum Gasteiger partial charge on any atom is 0.435 e. The number of hydrogen-bond donors (Lipinski definition) is 0. The van der Waals surface area contributed by atoms with E-state index in [1.165, 1.54) is 29.4 Å². The molecule has 3 aromatic rings. The molecule has 5 rings (SSSR count). The van der Waals surface area contributed by atoms with Crippen molar-refractivity contribution in [2.75, 3.05) is 20.1 Å². The molecule has 2 amide bonds. The lowest BCUT2D eigenvalue weighted by Gasteiger charge is -2.35. The minimum atomic E-state index is -4.54. The van der Waals surface area contributed by atoms with Gasteiger partial charge >= 0.3 is 6.18 Å². The number of fused-ring (bicyclic) bond motifs is 1. The summed E-state index contributed by atoms with van der Waals surface area (Å²) in [6, 6.07) is 9.19. The number of amides is 2. The lowest BCUT2D eigenvalue weighted by atomic mass is 9.84. The van der Waals surface area contributed by atoms with Crippen LogP contribution in [0, 0.1) is 12.3 Å². The Kier molecular flexibility index (Phi) is 7.07. The molecule has 1 aromatic carbocycles. The Morgan fingerprint density at radius 2 is 1.87 bits per heavy atom. The largest absolute Gasteiger partial charge is 0.435 e. The molecule has 11 heteroatoms. The van der Waals surface area contributed by atoms with Crippen molar-refractivity contribution in [3.8, 4) is 0 Å². The van der Waals surface area contributed by atoms with Crippen LogP contribution in [0.15, 0.2) is 35.7 Å². The van der Waals surface area contributed by atoms with Crippen molar-refractivity contribution in [1.29, 1.82) is 0 Å². The van der Waals surface area contributed by atoms with E-state index in [2.05, 4.69) is 31.1 Å². The van der Waals surface area contributed by atoms with Crippen molar-refractivity contribution >= 4 is 23.2 Å². The molecule has 2 aromatic heterocycles. The van der Waals surface area contributed by atoms with E-state index < -0.39 is 11.9 Å². The van der Waals surface area contributed by atoms with Crippen molar-refractivity contribution in [3.63, 3.8) is 0 Å². The van der Waals surface area contributed by atoms with Crippen LogP contribution in [0.25, 0.3) is 0 Å². The van der Waals surface area contributed by atoms with Crippen LogP contribution in [-0.4, -0.2) is 56.5 Å². The number of carbonyl (C=O) groups excluding carboxylic acids is 2. The summed E-state index contributed by atoms with van der Waals surface area (Å²) in [5, 5.41) is 6.26. The summed E-state index contributed by atoms with van der Waals surface area (Å²) in [6.45, 7) is 6.61. The molecular weight excluding hydrogens is 527 g/mol. The SMILES string of the molecule is Cc1cc(C(F)(F)F)nn1CC(=O)N1CCC(c2nc(C(=O)N(C)C3c4ccccc4CC3(C)C)cs2)CC1. The molecule has 39 heavy (non-hydrogen) atoms. The van der Waals surface area contributed by atoms with Crippen LogP contribution in [0.3, 0.4) is 0 Å². The van der Waals surface area contributed by atoms with E-state index in [9.17, 15) is 22.8 Å². The number of benzene rings is 1. The maximum atomic E-state index is 13.5. The number of hydrogen-bond acceptors (Lipinski definition) is 5. The van der Waals surface area contributed by atoms with Gasteiger partial charge in [-0.15, -0.1) is 11.3 Å². The van der Waals surface area contributed by atoms with Crippen LogP contribution in [0.2, 0.25) is 0 Å². The van der Waals surface area contributed by atoms with Gasteiger partial charge in [0.05, 0.1) is 11.0 Å².